The zero-order valence-electron chi connectivity index (χ0n) is 15.4. The molecule has 1 aliphatic heterocycles. The van der Waals surface area contributed by atoms with Crippen molar-refractivity contribution in [1.82, 2.24) is 5.32 Å². The Balaban J connectivity index is 1.85. The maximum Gasteiger partial charge on any atom is 0.257 e. The molecular weight excluding hydrogens is 362 g/mol. The van der Waals surface area contributed by atoms with E-state index >= 15 is 0 Å². The summed E-state index contributed by atoms with van der Waals surface area (Å²) in [5, 5.41) is 6.67. The van der Waals surface area contributed by atoms with E-state index in [2.05, 4.69) is 17.6 Å². The number of hydrogen-bond acceptors (Lipinski definition) is 3. The van der Waals surface area contributed by atoms with E-state index in [0.29, 0.717) is 34.1 Å². The number of halogens is 1. The number of anilines is 3. The molecule has 0 spiro atoms. The largest absolute Gasteiger partial charge is 0.320 e. The molecule has 0 fully saturated rings. The molecule has 3 rings (SSSR count). The molecule has 0 atom stereocenters. The lowest BCUT2D eigenvalue weighted by atomic mass is 10.1. The molecule has 0 aromatic heterocycles. The summed E-state index contributed by atoms with van der Waals surface area (Å²) in [7, 11) is 0. The molecule has 1 heterocycles. The molecular formula is C21H24ClN3O2. The molecule has 0 aliphatic carbocycles. The Morgan fingerprint density at radius 2 is 1.93 bits per heavy atom. The highest BCUT2D eigenvalue weighted by Crippen LogP contribution is 2.39. The molecule has 0 radical (unpaired) electrons. The highest BCUT2D eigenvalue weighted by atomic mass is 35.5. The summed E-state index contributed by atoms with van der Waals surface area (Å²) in [6.07, 6.45) is 3.27. The van der Waals surface area contributed by atoms with Gasteiger partial charge in [-0.1, -0.05) is 37.1 Å². The van der Waals surface area contributed by atoms with Crippen molar-refractivity contribution in [3.05, 3.63) is 53.1 Å². The lowest BCUT2D eigenvalue weighted by Gasteiger charge is -2.24. The van der Waals surface area contributed by atoms with Crippen LogP contribution in [0, 0.1) is 0 Å². The van der Waals surface area contributed by atoms with Gasteiger partial charge in [-0.15, -0.1) is 0 Å². The van der Waals surface area contributed by atoms with Crippen LogP contribution in [0.5, 0.6) is 0 Å². The molecule has 0 saturated heterocycles. The van der Waals surface area contributed by atoms with Crippen LogP contribution >= 0.6 is 11.6 Å². The van der Waals surface area contributed by atoms with Gasteiger partial charge < -0.3 is 10.6 Å². The predicted octanol–water partition coefficient (Wildman–Crippen LogP) is 4.74. The number of hydrogen-bond donors (Lipinski definition) is 2. The molecule has 0 bridgehead atoms. The summed E-state index contributed by atoms with van der Waals surface area (Å²) in [4.78, 5) is 27.3. The lowest BCUT2D eigenvalue weighted by molar-refractivity contribution is -0.118. The minimum Gasteiger partial charge on any atom is -0.320 e. The standard InChI is InChI=1S/C21H24ClN3O2/c1-2-23-13-7-3-4-10-20(26)25-18-9-6-5-8-16(18)21(27)24-17-14-15(22)11-12-19(17)25/h5-6,8-9,11-12,14,23H,2-4,7,10,13H2,1H3,(H,24,27). The Kier molecular flexibility index (Phi) is 6.48. The van der Waals surface area contributed by atoms with Crippen molar-refractivity contribution in [3.8, 4) is 0 Å². The van der Waals surface area contributed by atoms with E-state index in [1.54, 1.807) is 35.2 Å². The third-order valence-corrected chi connectivity index (χ3v) is 4.82. The van der Waals surface area contributed by atoms with E-state index in [1.165, 1.54) is 0 Å². The number of amides is 2. The van der Waals surface area contributed by atoms with Gasteiger partial charge in [0.05, 0.1) is 22.6 Å². The Labute approximate surface area is 164 Å². The van der Waals surface area contributed by atoms with Gasteiger partial charge in [0.1, 0.15) is 0 Å². The monoisotopic (exact) mass is 385 g/mol. The smallest absolute Gasteiger partial charge is 0.257 e. The third-order valence-electron chi connectivity index (χ3n) is 4.58. The highest BCUT2D eigenvalue weighted by molar-refractivity contribution is 6.31. The van der Waals surface area contributed by atoms with Gasteiger partial charge in [-0.25, -0.2) is 0 Å². The van der Waals surface area contributed by atoms with Gasteiger partial charge in [0.15, 0.2) is 0 Å². The number of nitrogens with one attached hydrogen (secondary N) is 2. The van der Waals surface area contributed by atoms with Gasteiger partial charge in [-0.05, 0) is 56.3 Å². The second kappa shape index (κ2) is 9.02. The van der Waals surface area contributed by atoms with E-state index in [-0.39, 0.29) is 11.8 Å². The van der Waals surface area contributed by atoms with Crippen LogP contribution in [0.3, 0.4) is 0 Å². The second-order valence-corrected chi connectivity index (χ2v) is 6.96. The van der Waals surface area contributed by atoms with E-state index < -0.39 is 0 Å². The fraction of sp³-hybridized carbons (Fsp3) is 0.333. The van der Waals surface area contributed by atoms with Gasteiger partial charge in [-0.2, -0.15) is 0 Å². The Morgan fingerprint density at radius 1 is 1.11 bits per heavy atom. The molecule has 27 heavy (non-hydrogen) atoms. The molecule has 0 unspecified atom stereocenters. The molecule has 2 aromatic rings. The number of fused-ring (bicyclic) bond motifs is 2. The first-order valence-corrected chi connectivity index (χ1v) is 9.73. The quantitative estimate of drug-likeness (QED) is 0.676. The van der Waals surface area contributed by atoms with Gasteiger partial charge in [-0.3, -0.25) is 14.5 Å². The average Bonchev–Trinajstić information content (AvgIpc) is 2.78. The fourth-order valence-corrected chi connectivity index (χ4v) is 3.42. The van der Waals surface area contributed by atoms with Crippen LogP contribution in [-0.4, -0.2) is 24.9 Å². The van der Waals surface area contributed by atoms with Crippen LogP contribution in [-0.2, 0) is 4.79 Å². The van der Waals surface area contributed by atoms with Crippen LogP contribution in [0.2, 0.25) is 5.02 Å². The van der Waals surface area contributed by atoms with Crippen molar-refractivity contribution in [3.63, 3.8) is 0 Å². The number of unbranched alkanes of at least 4 members (excludes halogenated alkanes) is 2. The number of rotatable bonds is 7. The van der Waals surface area contributed by atoms with Crippen molar-refractivity contribution >= 4 is 40.5 Å². The number of para-hydroxylation sites is 1. The summed E-state index contributed by atoms with van der Waals surface area (Å²) in [6, 6.07) is 12.4. The molecule has 1 aliphatic rings. The maximum absolute atomic E-state index is 13.1. The van der Waals surface area contributed by atoms with Gasteiger partial charge in [0.25, 0.3) is 5.91 Å². The van der Waals surface area contributed by atoms with Crippen molar-refractivity contribution in [1.29, 1.82) is 0 Å². The fourth-order valence-electron chi connectivity index (χ4n) is 3.24. The topological polar surface area (TPSA) is 61.4 Å². The maximum atomic E-state index is 13.1. The van der Waals surface area contributed by atoms with Crippen LogP contribution in [0.25, 0.3) is 0 Å². The third kappa shape index (κ3) is 4.49. The van der Waals surface area contributed by atoms with Gasteiger partial charge in [0.2, 0.25) is 5.91 Å². The number of nitrogens with zero attached hydrogens (tertiary/aromatic N) is 1. The molecule has 142 valence electrons. The average molecular weight is 386 g/mol. The summed E-state index contributed by atoms with van der Waals surface area (Å²) in [5.41, 5.74) is 2.28. The Hall–Kier alpha value is -2.37. The predicted molar refractivity (Wildman–Crippen MR) is 110 cm³/mol. The molecule has 6 heteroatoms. The number of benzene rings is 2. The molecule has 2 amide bonds. The van der Waals surface area contributed by atoms with Gasteiger partial charge >= 0.3 is 0 Å². The zero-order valence-corrected chi connectivity index (χ0v) is 16.2. The van der Waals surface area contributed by atoms with Crippen molar-refractivity contribution in [2.75, 3.05) is 23.3 Å². The van der Waals surface area contributed by atoms with E-state index in [1.807, 2.05) is 12.1 Å². The summed E-state index contributed by atoms with van der Waals surface area (Å²) in [5.74, 6) is -0.263. The first-order chi connectivity index (χ1) is 13.1. The first kappa shape index (κ1) is 19.4. The minimum absolute atomic E-state index is 0.0222. The minimum atomic E-state index is -0.241. The van der Waals surface area contributed by atoms with Crippen molar-refractivity contribution in [2.24, 2.45) is 0 Å². The van der Waals surface area contributed by atoms with Crippen LogP contribution in [0.4, 0.5) is 17.1 Å². The number of carbonyl (C=O) groups is 2. The summed E-state index contributed by atoms with van der Waals surface area (Å²) >= 11 is 6.10. The second-order valence-electron chi connectivity index (χ2n) is 6.53. The molecule has 2 aromatic carbocycles. The zero-order chi connectivity index (χ0) is 19.2. The lowest BCUT2D eigenvalue weighted by Crippen LogP contribution is -2.26. The van der Waals surface area contributed by atoms with E-state index in [9.17, 15) is 9.59 Å². The Morgan fingerprint density at radius 3 is 2.74 bits per heavy atom. The number of carbonyl (C=O) groups excluding carboxylic acids is 2. The van der Waals surface area contributed by atoms with E-state index in [4.69, 9.17) is 11.6 Å². The summed E-state index contributed by atoms with van der Waals surface area (Å²) in [6.45, 7) is 4.01. The molecule has 2 N–H and O–H groups in total. The van der Waals surface area contributed by atoms with Crippen molar-refractivity contribution < 1.29 is 9.59 Å². The molecule has 5 nitrogen and oxygen atoms in total. The molecule has 0 saturated carbocycles. The van der Waals surface area contributed by atoms with Gasteiger partial charge in [0, 0.05) is 11.4 Å². The van der Waals surface area contributed by atoms with Crippen LogP contribution in [0.1, 0.15) is 43.0 Å². The van der Waals surface area contributed by atoms with Crippen LogP contribution in [0.15, 0.2) is 42.5 Å². The Bertz CT molecular complexity index is 838. The van der Waals surface area contributed by atoms with Crippen LogP contribution < -0.4 is 15.5 Å². The summed E-state index contributed by atoms with van der Waals surface area (Å²) < 4.78 is 0. The highest BCUT2D eigenvalue weighted by Gasteiger charge is 2.28. The van der Waals surface area contributed by atoms with Crippen molar-refractivity contribution in [2.45, 2.75) is 32.6 Å². The SMILES string of the molecule is CCNCCCCCC(=O)N1c2ccc(Cl)cc2NC(=O)c2ccccc21. The normalized spacial score (nSPS) is 12.8. The van der Waals surface area contributed by atoms with E-state index in [0.717, 1.165) is 32.4 Å². The first-order valence-electron chi connectivity index (χ1n) is 9.35.